The first kappa shape index (κ1) is 29.8. The molecule has 176 valence electrons. The maximum absolute atomic E-state index is 6.66. The Balaban J connectivity index is 4.97. The normalized spacial score (nSPS) is 14.5. The van der Waals surface area contributed by atoms with Gasteiger partial charge in [-0.15, -0.1) is 0 Å². The first-order valence-electron chi connectivity index (χ1n) is 9.90. The average molecular weight is 505 g/mol. The summed E-state index contributed by atoms with van der Waals surface area (Å²) in [5.41, 5.74) is 0. The van der Waals surface area contributed by atoms with Crippen molar-refractivity contribution >= 4 is 42.8 Å². The summed E-state index contributed by atoms with van der Waals surface area (Å²) in [5.74, 6) is 0. The van der Waals surface area contributed by atoms with Crippen LogP contribution >= 0.6 is 0 Å². The Bertz CT molecular complexity index is 414. The zero-order valence-corrected chi connectivity index (χ0v) is 25.6. The minimum Gasteiger partial charge on any atom is -0.437 e. The lowest BCUT2D eigenvalue weighted by Gasteiger charge is -2.40. The monoisotopic (exact) mass is 504 g/mol. The standard InChI is InChI=1S/C16H44O8Si5/c1-17-28(18-2,19-3)15-13-25(7,8)23-27(11,12)24-26(9,10)14-16-29(20-4,21-5)22-6/h13-16H2,1-12H3. The van der Waals surface area contributed by atoms with Gasteiger partial charge in [0, 0.05) is 54.7 Å². The van der Waals surface area contributed by atoms with Gasteiger partial charge in [-0.2, -0.15) is 0 Å². The van der Waals surface area contributed by atoms with Crippen LogP contribution in [0.1, 0.15) is 0 Å². The summed E-state index contributed by atoms with van der Waals surface area (Å²) in [5, 5.41) is 0. The van der Waals surface area contributed by atoms with Gasteiger partial charge in [-0.3, -0.25) is 0 Å². The molecule has 0 aromatic heterocycles. The van der Waals surface area contributed by atoms with E-state index in [4.69, 9.17) is 34.8 Å². The second-order valence-electron chi connectivity index (χ2n) is 8.71. The van der Waals surface area contributed by atoms with E-state index in [1.165, 1.54) is 0 Å². The maximum atomic E-state index is 6.66. The van der Waals surface area contributed by atoms with Crippen LogP contribution in [0.3, 0.4) is 0 Å². The van der Waals surface area contributed by atoms with Gasteiger partial charge in [0.15, 0.2) is 16.6 Å². The van der Waals surface area contributed by atoms with Crippen LogP contribution in [-0.4, -0.2) is 85.5 Å². The van der Waals surface area contributed by atoms with E-state index < -0.39 is 42.8 Å². The molecule has 0 unspecified atom stereocenters. The lowest BCUT2D eigenvalue weighted by atomic mass is 10.9. The molecule has 0 aromatic rings. The van der Waals surface area contributed by atoms with Crippen molar-refractivity contribution in [3.8, 4) is 0 Å². The van der Waals surface area contributed by atoms with Crippen LogP contribution in [0.4, 0.5) is 0 Å². The van der Waals surface area contributed by atoms with Gasteiger partial charge >= 0.3 is 26.2 Å². The van der Waals surface area contributed by atoms with E-state index >= 15 is 0 Å². The average Bonchev–Trinajstić information content (AvgIpc) is 2.63. The van der Waals surface area contributed by atoms with Crippen LogP contribution in [0.2, 0.25) is 63.5 Å². The molecule has 0 atom stereocenters. The molecule has 0 bridgehead atoms. The van der Waals surface area contributed by atoms with Crippen molar-refractivity contribution in [3.05, 3.63) is 0 Å². The molecule has 29 heavy (non-hydrogen) atoms. The van der Waals surface area contributed by atoms with Crippen molar-refractivity contribution in [1.29, 1.82) is 0 Å². The third-order valence-electron chi connectivity index (χ3n) is 4.98. The highest BCUT2D eigenvalue weighted by molar-refractivity contribution is 6.88. The van der Waals surface area contributed by atoms with Gasteiger partial charge in [0.05, 0.1) is 0 Å². The van der Waals surface area contributed by atoms with E-state index in [1.807, 2.05) is 0 Å². The van der Waals surface area contributed by atoms with Gasteiger partial charge in [-0.25, -0.2) is 0 Å². The SMILES string of the molecule is CO[Si](CC[Si](C)(C)O[Si](C)(C)O[Si](C)(C)CC[Si](OC)(OC)OC)(OC)OC. The first-order chi connectivity index (χ1) is 13.2. The second-order valence-corrected chi connectivity index (χ2v) is 27.4. The summed E-state index contributed by atoms with van der Waals surface area (Å²) in [6.07, 6.45) is 0. The Labute approximate surface area is 183 Å². The van der Waals surface area contributed by atoms with Gasteiger partial charge in [0.25, 0.3) is 0 Å². The van der Waals surface area contributed by atoms with E-state index in [0.29, 0.717) is 0 Å². The molecular weight excluding hydrogens is 461 g/mol. The Morgan fingerprint density at radius 3 is 0.862 bits per heavy atom. The van der Waals surface area contributed by atoms with Crippen molar-refractivity contribution in [2.75, 3.05) is 42.7 Å². The summed E-state index contributed by atoms with van der Waals surface area (Å²) in [6, 6.07) is 3.27. The molecule has 0 fully saturated rings. The van der Waals surface area contributed by atoms with Crippen LogP contribution < -0.4 is 0 Å². The van der Waals surface area contributed by atoms with Gasteiger partial charge in [0.2, 0.25) is 0 Å². The summed E-state index contributed by atoms with van der Waals surface area (Å²) in [6.45, 7) is 13.2. The largest absolute Gasteiger partial charge is 0.499 e. The number of rotatable bonds is 16. The lowest BCUT2D eigenvalue weighted by molar-refractivity contribution is 0.124. The van der Waals surface area contributed by atoms with E-state index in [9.17, 15) is 0 Å². The van der Waals surface area contributed by atoms with Crippen LogP contribution in [0.25, 0.3) is 0 Å². The number of hydrogen-bond donors (Lipinski definition) is 0. The van der Waals surface area contributed by atoms with Gasteiger partial charge in [0.1, 0.15) is 0 Å². The van der Waals surface area contributed by atoms with Crippen LogP contribution in [-0.2, 0) is 34.8 Å². The zero-order valence-electron chi connectivity index (χ0n) is 20.6. The summed E-state index contributed by atoms with van der Waals surface area (Å²) >= 11 is 0. The molecule has 0 N–H and O–H groups in total. The van der Waals surface area contributed by atoms with E-state index in [0.717, 1.165) is 24.2 Å². The fourth-order valence-corrected chi connectivity index (χ4v) is 25.0. The molecule has 0 saturated carbocycles. The molecule has 0 aliphatic carbocycles. The van der Waals surface area contributed by atoms with Crippen LogP contribution in [0.5, 0.6) is 0 Å². The molecule has 0 rings (SSSR count). The molecule has 0 spiro atoms. The fraction of sp³-hybridized carbons (Fsp3) is 1.00. The molecule has 13 heteroatoms. The molecule has 0 radical (unpaired) electrons. The molecule has 0 saturated heterocycles. The highest BCUT2D eigenvalue weighted by atomic mass is 28.5. The van der Waals surface area contributed by atoms with Gasteiger partial charge < -0.3 is 34.8 Å². The molecule has 0 heterocycles. The van der Waals surface area contributed by atoms with E-state index in [2.05, 4.69) is 39.3 Å². The van der Waals surface area contributed by atoms with E-state index in [-0.39, 0.29) is 0 Å². The molecular formula is C16H44O8Si5. The predicted octanol–water partition coefficient (Wildman–Crippen LogP) is 3.89. The highest BCUT2D eigenvalue weighted by Gasteiger charge is 2.45. The Morgan fingerprint density at radius 2 is 0.655 bits per heavy atom. The van der Waals surface area contributed by atoms with Crippen molar-refractivity contribution < 1.29 is 34.8 Å². The minimum atomic E-state index is -2.59. The van der Waals surface area contributed by atoms with Crippen molar-refractivity contribution in [2.45, 2.75) is 63.5 Å². The second kappa shape index (κ2) is 12.1. The molecule has 0 aliphatic rings. The lowest BCUT2D eigenvalue weighted by Crippen LogP contribution is -2.54. The van der Waals surface area contributed by atoms with Gasteiger partial charge in [-0.05, 0) is 51.4 Å². The topological polar surface area (TPSA) is 73.8 Å². The Morgan fingerprint density at radius 1 is 0.414 bits per heavy atom. The van der Waals surface area contributed by atoms with Crippen molar-refractivity contribution in [1.82, 2.24) is 0 Å². The van der Waals surface area contributed by atoms with Crippen molar-refractivity contribution in [3.63, 3.8) is 0 Å². The minimum absolute atomic E-state index is 0.741. The third-order valence-corrected chi connectivity index (χ3v) is 22.7. The van der Waals surface area contributed by atoms with Crippen LogP contribution in [0, 0.1) is 0 Å². The molecule has 0 aromatic carbocycles. The predicted molar refractivity (Wildman–Crippen MR) is 127 cm³/mol. The van der Waals surface area contributed by atoms with Crippen LogP contribution in [0.15, 0.2) is 0 Å². The van der Waals surface area contributed by atoms with E-state index in [1.54, 1.807) is 42.7 Å². The summed E-state index contributed by atoms with van der Waals surface area (Å²) < 4.78 is 46.7. The summed E-state index contributed by atoms with van der Waals surface area (Å²) in [4.78, 5) is 0. The molecule has 8 nitrogen and oxygen atoms in total. The Hall–Kier alpha value is 0.764. The quantitative estimate of drug-likeness (QED) is 0.293. The molecule has 0 aliphatic heterocycles. The zero-order chi connectivity index (χ0) is 23.0. The maximum Gasteiger partial charge on any atom is 0.499 e. The highest BCUT2D eigenvalue weighted by Crippen LogP contribution is 2.30. The molecule has 0 amide bonds. The van der Waals surface area contributed by atoms with Crippen molar-refractivity contribution in [2.24, 2.45) is 0 Å². The van der Waals surface area contributed by atoms with Gasteiger partial charge in [-0.1, -0.05) is 0 Å². The fourth-order valence-electron chi connectivity index (χ4n) is 3.47. The summed E-state index contributed by atoms with van der Waals surface area (Å²) in [7, 11) is -1.61. The number of hydrogen-bond acceptors (Lipinski definition) is 8. The first-order valence-corrected chi connectivity index (χ1v) is 22.8. The smallest absolute Gasteiger partial charge is 0.437 e. The Kier molecular flexibility index (Phi) is 12.4. The third kappa shape index (κ3) is 10.3.